The summed E-state index contributed by atoms with van der Waals surface area (Å²) < 4.78 is 0.755. The van der Waals surface area contributed by atoms with Gasteiger partial charge in [0.2, 0.25) is 16.9 Å². The molecule has 30 heavy (non-hydrogen) atoms. The van der Waals surface area contributed by atoms with Crippen molar-refractivity contribution >= 4 is 40.0 Å². The summed E-state index contributed by atoms with van der Waals surface area (Å²) in [4.78, 5) is 26.6. The van der Waals surface area contributed by atoms with E-state index >= 15 is 0 Å². The van der Waals surface area contributed by atoms with Gasteiger partial charge < -0.3 is 0 Å². The number of carbonyl (C=O) groups excluding carboxylic acids is 2. The smallest absolute Gasteiger partial charge is 0.243 e. The highest BCUT2D eigenvalue weighted by atomic mass is 32.2. The van der Waals surface area contributed by atoms with Crippen LogP contribution in [0.3, 0.4) is 0 Å². The minimum absolute atomic E-state index is 0.117. The highest BCUT2D eigenvalue weighted by molar-refractivity contribution is 8.00. The molecule has 2 unspecified atom stereocenters. The number of benzene rings is 1. The van der Waals surface area contributed by atoms with Crippen molar-refractivity contribution in [1.29, 1.82) is 0 Å². The van der Waals surface area contributed by atoms with Gasteiger partial charge in [-0.15, -0.1) is 10.2 Å². The molecule has 0 saturated carbocycles. The van der Waals surface area contributed by atoms with E-state index in [1.54, 1.807) is 23.9 Å². The fraction of sp³-hybridized carbons (Fsp3) is 0.391. The number of carbonyl (C=O) groups is 2. The standard InChI is InChI=1S/C23H25N3O2S2/c1-13-10-15(23(3,4)5)11-14(2)18(13)12-29-22-25-24-21(30-22)26-19(27)16-8-6-7-9-17(16)20(26)28/h6-11,16-17H,12H2,1-5H3. The molecule has 0 spiro atoms. The number of thioether (sulfide) groups is 1. The summed E-state index contributed by atoms with van der Waals surface area (Å²) in [6.07, 6.45) is 7.20. The van der Waals surface area contributed by atoms with Gasteiger partial charge in [-0.2, -0.15) is 0 Å². The number of allylic oxidation sites excluding steroid dienone is 2. The molecule has 2 heterocycles. The molecule has 0 bridgehead atoms. The number of fused-ring (bicyclic) bond motifs is 1. The van der Waals surface area contributed by atoms with Crippen molar-refractivity contribution in [3.05, 3.63) is 58.7 Å². The second-order valence-corrected chi connectivity index (χ2v) is 11.0. The lowest BCUT2D eigenvalue weighted by atomic mass is 9.84. The largest absolute Gasteiger partial charge is 0.273 e. The quantitative estimate of drug-likeness (QED) is 0.382. The van der Waals surface area contributed by atoms with Crippen molar-refractivity contribution in [2.45, 2.75) is 50.1 Å². The first-order valence-electron chi connectivity index (χ1n) is 9.96. The normalized spacial score (nSPS) is 20.9. The molecule has 4 rings (SSSR count). The molecule has 2 amide bonds. The van der Waals surface area contributed by atoms with Gasteiger partial charge in [-0.05, 0) is 41.5 Å². The van der Waals surface area contributed by atoms with Crippen LogP contribution in [0.1, 0.15) is 43.0 Å². The van der Waals surface area contributed by atoms with Gasteiger partial charge in [0.05, 0.1) is 11.8 Å². The van der Waals surface area contributed by atoms with Gasteiger partial charge in [-0.25, -0.2) is 4.90 Å². The van der Waals surface area contributed by atoms with Crippen LogP contribution in [0.15, 0.2) is 40.8 Å². The predicted octanol–water partition coefficient (Wildman–Crippen LogP) is 4.98. The van der Waals surface area contributed by atoms with Crippen molar-refractivity contribution in [2.75, 3.05) is 4.90 Å². The SMILES string of the molecule is Cc1cc(C(C)(C)C)cc(C)c1CSc1nnc(N2C(=O)C3C=CC=CC3C2=O)s1. The molecule has 2 aromatic rings. The van der Waals surface area contributed by atoms with Crippen LogP contribution in [0.4, 0.5) is 5.13 Å². The van der Waals surface area contributed by atoms with Crippen molar-refractivity contribution in [2.24, 2.45) is 11.8 Å². The maximum absolute atomic E-state index is 12.7. The van der Waals surface area contributed by atoms with Gasteiger partial charge in [0.1, 0.15) is 0 Å². The summed E-state index contributed by atoms with van der Waals surface area (Å²) >= 11 is 2.89. The van der Waals surface area contributed by atoms with Crippen molar-refractivity contribution < 1.29 is 9.59 Å². The number of anilines is 1. The fourth-order valence-corrected chi connectivity index (χ4v) is 5.86. The van der Waals surface area contributed by atoms with E-state index in [-0.39, 0.29) is 17.2 Å². The van der Waals surface area contributed by atoms with E-state index in [4.69, 9.17) is 0 Å². The van der Waals surface area contributed by atoms with E-state index in [1.807, 2.05) is 12.2 Å². The van der Waals surface area contributed by atoms with Crippen molar-refractivity contribution in [3.8, 4) is 0 Å². The first kappa shape index (κ1) is 21.0. The van der Waals surface area contributed by atoms with Gasteiger partial charge >= 0.3 is 0 Å². The van der Waals surface area contributed by atoms with E-state index in [9.17, 15) is 9.59 Å². The van der Waals surface area contributed by atoms with Gasteiger partial charge in [0.15, 0.2) is 4.34 Å². The molecule has 1 saturated heterocycles. The van der Waals surface area contributed by atoms with Gasteiger partial charge in [-0.3, -0.25) is 9.59 Å². The minimum Gasteiger partial charge on any atom is -0.273 e. The van der Waals surface area contributed by atoms with Crippen LogP contribution < -0.4 is 4.90 Å². The third kappa shape index (κ3) is 3.76. The number of hydrogen-bond acceptors (Lipinski definition) is 6. The Kier molecular flexibility index (Phi) is 5.45. The first-order valence-corrected chi connectivity index (χ1v) is 11.8. The summed E-state index contributed by atoms with van der Waals surface area (Å²) in [5, 5.41) is 8.73. The van der Waals surface area contributed by atoms with Crippen LogP contribution in [0.2, 0.25) is 0 Å². The molecule has 2 atom stereocenters. The van der Waals surface area contributed by atoms with Gasteiger partial charge in [0, 0.05) is 5.75 Å². The second kappa shape index (κ2) is 7.78. The molecule has 1 aliphatic heterocycles. The topological polar surface area (TPSA) is 63.2 Å². The Morgan fingerprint density at radius 1 is 1.00 bits per heavy atom. The summed E-state index contributed by atoms with van der Waals surface area (Å²) in [7, 11) is 0. The van der Waals surface area contributed by atoms with E-state index < -0.39 is 11.8 Å². The summed E-state index contributed by atoms with van der Waals surface area (Å²) in [6.45, 7) is 11.0. The fourth-order valence-electron chi connectivity index (χ4n) is 3.81. The van der Waals surface area contributed by atoms with Crippen LogP contribution in [-0.2, 0) is 20.8 Å². The number of nitrogens with zero attached hydrogens (tertiary/aromatic N) is 3. The minimum atomic E-state index is -0.422. The van der Waals surface area contributed by atoms with Crippen LogP contribution in [0.25, 0.3) is 0 Å². The molecule has 7 heteroatoms. The summed E-state index contributed by atoms with van der Waals surface area (Å²) in [5.74, 6) is -0.510. The predicted molar refractivity (Wildman–Crippen MR) is 122 cm³/mol. The number of hydrogen-bond donors (Lipinski definition) is 0. The maximum Gasteiger partial charge on any atom is 0.243 e. The number of imide groups is 1. The van der Waals surface area contributed by atoms with Crippen LogP contribution >= 0.6 is 23.1 Å². The van der Waals surface area contributed by atoms with Crippen molar-refractivity contribution in [3.63, 3.8) is 0 Å². The summed E-state index contributed by atoms with van der Waals surface area (Å²) in [6, 6.07) is 4.53. The summed E-state index contributed by atoms with van der Waals surface area (Å²) in [5.41, 5.74) is 5.28. The molecule has 2 aliphatic rings. The Morgan fingerprint density at radius 2 is 1.57 bits per heavy atom. The second-order valence-electron chi connectivity index (χ2n) is 8.81. The van der Waals surface area contributed by atoms with Crippen LogP contribution in [0, 0.1) is 25.7 Å². The monoisotopic (exact) mass is 439 g/mol. The Hall–Kier alpha value is -2.25. The van der Waals surface area contributed by atoms with Crippen molar-refractivity contribution in [1.82, 2.24) is 10.2 Å². The first-order chi connectivity index (χ1) is 14.2. The zero-order valence-electron chi connectivity index (χ0n) is 17.8. The Morgan fingerprint density at radius 3 is 2.10 bits per heavy atom. The third-order valence-corrected chi connectivity index (χ3v) is 7.70. The van der Waals surface area contributed by atoms with E-state index in [1.165, 1.54) is 38.5 Å². The highest BCUT2D eigenvalue weighted by Gasteiger charge is 2.47. The molecule has 1 aromatic carbocycles. The van der Waals surface area contributed by atoms with Crippen LogP contribution in [0.5, 0.6) is 0 Å². The van der Waals surface area contributed by atoms with E-state index in [0.29, 0.717) is 5.13 Å². The molecule has 1 fully saturated rings. The molecular weight excluding hydrogens is 414 g/mol. The third-order valence-electron chi connectivity index (χ3n) is 5.64. The Balaban J connectivity index is 1.50. The number of rotatable bonds is 4. The Bertz CT molecular complexity index is 1030. The number of aromatic nitrogens is 2. The molecule has 5 nitrogen and oxygen atoms in total. The zero-order valence-corrected chi connectivity index (χ0v) is 19.4. The van der Waals surface area contributed by atoms with E-state index in [0.717, 1.165) is 10.1 Å². The average molecular weight is 440 g/mol. The highest BCUT2D eigenvalue weighted by Crippen LogP contribution is 2.38. The van der Waals surface area contributed by atoms with E-state index in [2.05, 4.69) is 56.9 Å². The molecule has 1 aliphatic carbocycles. The lowest BCUT2D eigenvalue weighted by Crippen LogP contribution is -2.30. The molecule has 156 valence electrons. The number of aryl methyl sites for hydroxylation is 2. The van der Waals surface area contributed by atoms with Gasteiger partial charge in [-0.1, -0.05) is 80.3 Å². The lowest BCUT2D eigenvalue weighted by Gasteiger charge is -2.22. The number of amides is 2. The Labute approximate surface area is 185 Å². The molecule has 1 aromatic heterocycles. The zero-order chi connectivity index (χ0) is 21.6. The molecule has 0 radical (unpaired) electrons. The maximum atomic E-state index is 12.7. The average Bonchev–Trinajstić information content (AvgIpc) is 3.23. The molecule has 0 N–H and O–H groups in total. The lowest BCUT2D eigenvalue weighted by molar-refractivity contribution is -0.122. The van der Waals surface area contributed by atoms with Crippen LogP contribution in [-0.4, -0.2) is 22.0 Å². The molecular formula is C23H25N3O2S2. The van der Waals surface area contributed by atoms with Gasteiger partial charge in [0.25, 0.3) is 0 Å².